The zero-order valence-corrected chi connectivity index (χ0v) is 17.2. The number of ether oxygens (including phenoxy) is 1. The lowest BCUT2D eigenvalue weighted by molar-refractivity contribution is -0.118. The number of carbonyl (C=O) groups excluding carboxylic acids is 3. The van der Waals surface area contributed by atoms with Crippen LogP contribution in [0.3, 0.4) is 0 Å². The molecule has 3 N–H and O–H groups in total. The Hall–Kier alpha value is -3.53. The quantitative estimate of drug-likeness (QED) is 0.674. The number of halogens is 1. The molecule has 9 nitrogen and oxygen atoms in total. The molecule has 1 aromatic carbocycles. The van der Waals surface area contributed by atoms with Crippen LogP contribution in [0.15, 0.2) is 36.5 Å². The summed E-state index contributed by atoms with van der Waals surface area (Å²) >= 11 is 0. The molecule has 2 saturated heterocycles. The van der Waals surface area contributed by atoms with Crippen molar-refractivity contribution in [2.75, 3.05) is 29.5 Å². The number of rotatable bonds is 7. The van der Waals surface area contributed by atoms with Crippen molar-refractivity contribution in [2.45, 2.75) is 25.4 Å². The van der Waals surface area contributed by atoms with Crippen LogP contribution in [0.2, 0.25) is 0 Å². The summed E-state index contributed by atoms with van der Waals surface area (Å²) in [7, 11) is 0. The van der Waals surface area contributed by atoms with Crippen LogP contribution in [0.4, 0.5) is 20.7 Å². The SMILES string of the molecule is NC(=O)CCC1CN(c2ccc(-c3ccc(N4CC(CO)CC4=O)nc3)c(F)c2)C(=O)O1. The van der Waals surface area contributed by atoms with Crippen LogP contribution in [0, 0.1) is 11.7 Å². The third-order valence-corrected chi connectivity index (χ3v) is 5.65. The third-order valence-electron chi connectivity index (χ3n) is 5.65. The van der Waals surface area contributed by atoms with E-state index in [1.54, 1.807) is 24.3 Å². The average molecular weight is 442 g/mol. The standard InChI is InChI=1S/C22H23FN4O5/c23-18-8-15(26-11-16(32-22(26)31)3-5-19(24)29)2-4-17(18)14-1-6-20(25-9-14)27-10-13(12-28)7-21(27)30/h1-2,4,6,8-9,13,16,28H,3,5,7,10-12H2,(H2,24,29). The molecule has 2 fully saturated rings. The van der Waals surface area contributed by atoms with Gasteiger partial charge in [-0.15, -0.1) is 0 Å². The zero-order valence-electron chi connectivity index (χ0n) is 17.2. The van der Waals surface area contributed by atoms with E-state index < -0.39 is 23.9 Å². The minimum atomic E-state index is -0.603. The topological polar surface area (TPSA) is 126 Å². The largest absolute Gasteiger partial charge is 0.444 e. The number of carbonyl (C=O) groups is 3. The highest BCUT2D eigenvalue weighted by molar-refractivity contribution is 5.95. The summed E-state index contributed by atoms with van der Waals surface area (Å²) in [6, 6.07) is 7.72. The number of primary amides is 1. The fourth-order valence-electron chi connectivity index (χ4n) is 3.92. The second kappa shape index (κ2) is 8.91. The number of cyclic esters (lactones) is 1. The fourth-order valence-corrected chi connectivity index (χ4v) is 3.92. The van der Waals surface area contributed by atoms with Crippen LogP contribution >= 0.6 is 0 Å². The molecule has 10 heteroatoms. The average Bonchev–Trinajstić information content (AvgIpc) is 3.34. The van der Waals surface area contributed by atoms with E-state index in [0.717, 1.165) is 0 Å². The van der Waals surface area contributed by atoms with Gasteiger partial charge in [-0.2, -0.15) is 0 Å². The second-order valence-electron chi connectivity index (χ2n) is 7.95. The van der Waals surface area contributed by atoms with Crippen molar-refractivity contribution >= 4 is 29.4 Å². The van der Waals surface area contributed by atoms with Crippen LogP contribution in [0.25, 0.3) is 11.1 Å². The molecule has 32 heavy (non-hydrogen) atoms. The molecule has 4 rings (SSSR count). The molecule has 3 heterocycles. The Bertz CT molecular complexity index is 1050. The van der Waals surface area contributed by atoms with Crippen molar-refractivity contribution in [3.8, 4) is 11.1 Å². The minimum absolute atomic E-state index is 0.0612. The van der Waals surface area contributed by atoms with Crippen LogP contribution < -0.4 is 15.5 Å². The Kier molecular flexibility index (Phi) is 6.04. The third kappa shape index (κ3) is 4.40. The smallest absolute Gasteiger partial charge is 0.414 e. The van der Waals surface area contributed by atoms with E-state index in [2.05, 4.69) is 4.98 Å². The number of aliphatic hydroxyl groups is 1. The number of aromatic nitrogens is 1. The van der Waals surface area contributed by atoms with Gasteiger partial charge in [-0.1, -0.05) is 0 Å². The van der Waals surface area contributed by atoms with E-state index in [1.165, 1.54) is 22.1 Å². The molecule has 0 aliphatic carbocycles. The molecule has 1 aromatic heterocycles. The predicted molar refractivity (Wildman–Crippen MR) is 113 cm³/mol. The van der Waals surface area contributed by atoms with Crippen molar-refractivity contribution in [3.05, 3.63) is 42.3 Å². The van der Waals surface area contributed by atoms with Crippen molar-refractivity contribution in [1.82, 2.24) is 4.98 Å². The van der Waals surface area contributed by atoms with Gasteiger partial charge in [0, 0.05) is 49.2 Å². The van der Waals surface area contributed by atoms with Crippen molar-refractivity contribution in [3.63, 3.8) is 0 Å². The van der Waals surface area contributed by atoms with Gasteiger partial charge in [-0.3, -0.25) is 19.4 Å². The Morgan fingerprint density at radius 3 is 2.66 bits per heavy atom. The maximum atomic E-state index is 14.9. The van der Waals surface area contributed by atoms with Gasteiger partial charge in [-0.25, -0.2) is 14.2 Å². The second-order valence-corrected chi connectivity index (χ2v) is 7.95. The summed E-state index contributed by atoms with van der Waals surface area (Å²) in [4.78, 5) is 42.3. The molecule has 0 radical (unpaired) electrons. The lowest BCUT2D eigenvalue weighted by atomic mass is 10.1. The number of nitrogens with two attached hydrogens (primary N) is 1. The van der Waals surface area contributed by atoms with Crippen molar-refractivity contribution in [1.29, 1.82) is 0 Å². The molecule has 2 aliphatic rings. The summed E-state index contributed by atoms with van der Waals surface area (Å²) in [6.45, 7) is 0.547. The predicted octanol–water partition coefficient (Wildman–Crippen LogP) is 1.82. The monoisotopic (exact) mass is 442 g/mol. The Morgan fingerprint density at radius 1 is 1.22 bits per heavy atom. The number of hydrogen-bond acceptors (Lipinski definition) is 6. The molecule has 3 amide bonds. The lowest BCUT2D eigenvalue weighted by Crippen LogP contribution is -2.25. The zero-order chi connectivity index (χ0) is 22.8. The summed E-state index contributed by atoms with van der Waals surface area (Å²) in [5.74, 6) is -0.776. The first-order valence-corrected chi connectivity index (χ1v) is 10.3. The van der Waals surface area contributed by atoms with Crippen molar-refractivity contribution in [2.24, 2.45) is 11.7 Å². The molecule has 2 unspecified atom stereocenters. The molecule has 168 valence electrons. The van der Waals surface area contributed by atoms with Crippen molar-refractivity contribution < 1.29 is 28.6 Å². The molecule has 2 aromatic rings. The van der Waals surface area contributed by atoms with E-state index in [4.69, 9.17) is 10.5 Å². The van der Waals surface area contributed by atoms with E-state index in [0.29, 0.717) is 35.6 Å². The van der Waals surface area contributed by atoms with Gasteiger partial charge >= 0.3 is 6.09 Å². The fraction of sp³-hybridized carbons (Fsp3) is 0.364. The molecule has 0 saturated carbocycles. The highest BCUT2D eigenvalue weighted by Gasteiger charge is 2.33. The number of hydrogen-bond donors (Lipinski definition) is 2. The molecular weight excluding hydrogens is 419 g/mol. The number of nitrogens with zero attached hydrogens (tertiary/aromatic N) is 3. The maximum Gasteiger partial charge on any atom is 0.414 e. The highest BCUT2D eigenvalue weighted by atomic mass is 19.1. The van der Waals surface area contributed by atoms with Gasteiger partial charge in [0.15, 0.2) is 0 Å². The summed E-state index contributed by atoms with van der Waals surface area (Å²) < 4.78 is 20.1. The summed E-state index contributed by atoms with van der Waals surface area (Å²) in [6.07, 6.45) is 1.10. The Morgan fingerprint density at radius 2 is 2.03 bits per heavy atom. The normalized spacial score (nSPS) is 20.7. The molecule has 0 bridgehead atoms. The number of amides is 3. The van der Waals surface area contributed by atoms with E-state index in [9.17, 15) is 23.9 Å². The van der Waals surface area contributed by atoms with Gasteiger partial charge in [0.05, 0.1) is 12.2 Å². The van der Waals surface area contributed by atoms with Gasteiger partial charge < -0.3 is 15.6 Å². The number of anilines is 2. The number of pyridine rings is 1. The van der Waals surface area contributed by atoms with Gasteiger partial charge in [0.2, 0.25) is 11.8 Å². The molecule has 0 spiro atoms. The van der Waals surface area contributed by atoms with Crippen LogP contribution in [-0.4, -0.2) is 53.8 Å². The van der Waals surface area contributed by atoms with Crippen LogP contribution in [0.1, 0.15) is 19.3 Å². The van der Waals surface area contributed by atoms with Crippen LogP contribution in [-0.2, 0) is 14.3 Å². The van der Waals surface area contributed by atoms with Gasteiger partial charge in [0.25, 0.3) is 0 Å². The highest BCUT2D eigenvalue weighted by Crippen LogP contribution is 2.31. The Labute approximate surface area is 183 Å². The molecule has 2 atom stereocenters. The van der Waals surface area contributed by atoms with E-state index >= 15 is 0 Å². The molecule has 2 aliphatic heterocycles. The number of benzene rings is 1. The minimum Gasteiger partial charge on any atom is -0.444 e. The van der Waals surface area contributed by atoms with Crippen LogP contribution in [0.5, 0.6) is 0 Å². The number of aliphatic hydroxyl groups excluding tert-OH is 1. The molecular formula is C22H23FN4O5. The first-order valence-electron chi connectivity index (χ1n) is 10.3. The van der Waals surface area contributed by atoms with E-state index in [1.807, 2.05) is 0 Å². The summed E-state index contributed by atoms with van der Waals surface area (Å²) in [5.41, 5.74) is 6.29. The van der Waals surface area contributed by atoms with Gasteiger partial charge in [0.1, 0.15) is 17.7 Å². The first kappa shape index (κ1) is 21.7. The Balaban J connectivity index is 1.47. The lowest BCUT2D eigenvalue weighted by Gasteiger charge is -2.16. The van der Waals surface area contributed by atoms with E-state index in [-0.39, 0.29) is 37.8 Å². The maximum absolute atomic E-state index is 14.9. The first-order chi connectivity index (χ1) is 15.4. The van der Waals surface area contributed by atoms with Gasteiger partial charge in [-0.05, 0) is 36.8 Å². The summed E-state index contributed by atoms with van der Waals surface area (Å²) in [5, 5.41) is 9.26.